The van der Waals surface area contributed by atoms with Crippen LogP contribution in [0.2, 0.25) is 0 Å². The Bertz CT molecular complexity index is 1180. The maximum atomic E-state index is 13.5. The molecule has 0 aliphatic carbocycles. The second kappa shape index (κ2) is 8.74. The van der Waals surface area contributed by atoms with Crippen molar-refractivity contribution in [2.24, 2.45) is 0 Å². The van der Waals surface area contributed by atoms with Gasteiger partial charge in [0.25, 0.3) is 11.5 Å². The van der Waals surface area contributed by atoms with E-state index in [1.807, 2.05) is 13.8 Å². The van der Waals surface area contributed by atoms with Crippen molar-refractivity contribution in [1.29, 1.82) is 0 Å². The van der Waals surface area contributed by atoms with Crippen LogP contribution in [0.4, 0.5) is 10.1 Å². The molecule has 3 aromatic rings. The second-order valence-corrected chi connectivity index (χ2v) is 7.89. The van der Waals surface area contributed by atoms with Crippen molar-refractivity contribution < 1.29 is 14.0 Å². The van der Waals surface area contributed by atoms with Gasteiger partial charge in [-0.05, 0) is 51.0 Å². The molecule has 2 aromatic heterocycles. The first-order valence-corrected chi connectivity index (χ1v) is 10.4. The fourth-order valence-corrected chi connectivity index (χ4v) is 4.25. The van der Waals surface area contributed by atoms with Gasteiger partial charge in [-0.15, -0.1) is 11.3 Å². The summed E-state index contributed by atoms with van der Waals surface area (Å²) in [6.45, 7) is 8.19. The summed E-state index contributed by atoms with van der Waals surface area (Å²) >= 11 is 1.09. The molecule has 2 heterocycles. The fourth-order valence-electron chi connectivity index (χ4n) is 3.22. The summed E-state index contributed by atoms with van der Waals surface area (Å²) in [5.74, 6) is -1.06. The average Bonchev–Trinajstić information content (AvgIpc) is 3.05. The number of anilines is 1. The maximum absolute atomic E-state index is 13.5. The second-order valence-electron chi connectivity index (χ2n) is 6.89. The molecule has 3 rings (SSSR count). The van der Waals surface area contributed by atoms with E-state index in [1.54, 1.807) is 24.8 Å². The number of nitrogens with zero attached hydrogens (tertiary/aromatic N) is 3. The zero-order valence-corrected chi connectivity index (χ0v) is 18.1. The maximum Gasteiger partial charge on any atom is 0.266 e. The summed E-state index contributed by atoms with van der Waals surface area (Å²) in [6, 6.07) is 4.15. The molecule has 2 amide bonds. The van der Waals surface area contributed by atoms with Crippen LogP contribution in [0.15, 0.2) is 29.3 Å². The Morgan fingerprint density at radius 1 is 1.23 bits per heavy atom. The minimum Gasteiger partial charge on any atom is -0.342 e. The summed E-state index contributed by atoms with van der Waals surface area (Å²) in [5.41, 5.74) is 1.21. The van der Waals surface area contributed by atoms with Gasteiger partial charge in [-0.1, -0.05) is 6.07 Å². The molecule has 0 spiro atoms. The molecule has 1 aromatic carbocycles. The van der Waals surface area contributed by atoms with E-state index in [0.29, 0.717) is 39.4 Å². The number of carbonyl (C=O) groups excluding carboxylic acids is 2. The number of benzene rings is 1. The van der Waals surface area contributed by atoms with Gasteiger partial charge in [0.2, 0.25) is 5.91 Å². The number of aryl methyl sites for hydroxylation is 2. The highest BCUT2D eigenvalue weighted by Gasteiger charge is 2.21. The fraction of sp³-hybridized carbons (Fsp3) is 0.333. The van der Waals surface area contributed by atoms with E-state index >= 15 is 0 Å². The number of hydrogen-bond acceptors (Lipinski definition) is 5. The molecule has 0 bridgehead atoms. The van der Waals surface area contributed by atoms with Crippen molar-refractivity contribution in [3.8, 4) is 0 Å². The van der Waals surface area contributed by atoms with Gasteiger partial charge in [0.15, 0.2) is 0 Å². The summed E-state index contributed by atoms with van der Waals surface area (Å²) in [4.78, 5) is 44.8. The lowest BCUT2D eigenvalue weighted by Gasteiger charge is -2.18. The number of halogens is 1. The Hall–Kier alpha value is -3.07. The van der Waals surface area contributed by atoms with E-state index in [9.17, 15) is 18.8 Å². The third kappa shape index (κ3) is 4.11. The van der Waals surface area contributed by atoms with E-state index in [1.165, 1.54) is 23.0 Å². The van der Waals surface area contributed by atoms with Crippen molar-refractivity contribution in [3.63, 3.8) is 0 Å². The molecule has 0 aliphatic rings. The predicted molar refractivity (Wildman–Crippen MR) is 116 cm³/mol. The van der Waals surface area contributed by atoms with Gasteiger partial charge in [-0.25, -0.2) is 9.37 Å². The van der Waals surface area contributed by atoms with Crippen molar-refractivity contribution in [2.45, 2.75) is 34.2 Å². The SMILES string of the molecule is CCN(CC)C(=O)Cn1cnc2sc(C(=O)Nc3cc(F)ccc3C)c(C)c2c1=O. The highest BCUT2D eigenvalue weighted by Crippen LogP contribution is 2.28. The van der Waals surface area contributed by atoms with Crippen LogP contribution in [0.3, 0.4) is 0 Å². The Morgan fingerprint density at radius 2 is 1.93 bits per heavy atom. The molecular formula is C21H23FN4O3S. The molecule has 158 valence electrons. The Labute approximate surface area is 177 Å². The number of likely N-dealkylation sites (N-methyl/N-ethyl adjacent to an activating group) is 1. The molecule has 30 heavy (non-hydrogen) atoms. The minimum absolute atomic E-state index is 0.108. The predicted octanol–water partition coefficient (Wildman–Crippen LogP) is 3.33. The number of nitrogens with one attached hydrogen (secondary N) is 1. The number of amides is 2. The van der Waals surface area contributed by atoms with Crippen LogP contribution in [0, 0.1) is 19.7 Å². The molecule has 9 heteroatoms. The molecule has 0 unspecified atom stereocenters. The molecule has 0 atom stereocenters. The lowest BCUT2D eigenvalue weighted by Crippen LogP contribution is -2.36. The summed E-state index contributed by atoms with van der Waals surface area (Å²) in [6.07, 6.45) is 1.33. The number of rotatable bonds is 6. The van der Waals surface area contributed by atoms with Crippen LogP contribution < -0.4 is 10.9 Å². The Kier molecular flexibility index (Phi) is 6.31. The van der Waals surface area contributed by atoms with E-state index in [2.05, 4.69) is 10.3 Å². The van der Waals surface area contributed by atoms with Gasteiger partial charge in [-0.2, -0.15) is 0 Å². The third-order valence-corrected chi connectivity index (χ3v) is 6.19. The topological polar surface area (TPSA) is 84.3 Å². The summed E-state index contributed by atoms with van der Waals surface area (Å²) < 4.78 is 14.8. The van der Waals surface area contributed by atoms with Crippen molar-refractivity contribution in [2.75, 3.05) is 18.4 Å². The molecule has 0 aliphatic heterocycles. The Balaban J connectivity index is 1.95. The monoisotopic (exact) mass is 430 g/mol. The smallest absolute Gasteiger partial charge is 0.266 e. The third-order valence-electron chi connectivity index (χ3n) is 4.99. The lowest BCUT2D eigenvalue weighted by molar-refractivity contribution is -0.131. The first-order chi connectivity index (χ1) is 14.3. The van der Waals surface area contributed by atoms with E-state index in [0.717, 1.165) is 16.9 Å². The van der Waals surface area contributed by atoms with Gasteiger partial charge < -0.3 is 10.2 Å². The van der Waals surface area contributed by atoms with Crippen LogP contribution in [-0.2, 0) is 11.3 Å². The number of thiophene rings is 1. The zero-order chi connectivity index (χ0) is 22.0. The molecule has 0 saturated heterocycles. The van der Waals surface area contributed by atoms with Gasteiger partial charge >= 0.3 is 0 Å². The van der Waals surface area contributed by atoms with E-state index in [4.69, 9.17) is 0 Å². The van der Waals surface area contributed by atoms with Crippen LogP contribution >= 0.6 is 11.3 Å². The van der Waals surface area contributed by atoms with Crippen molar-refractivity contribution in [1.82, 2.24) is 14.5 Å². The van der Waals surface area contributed by atoms with E-state index < -0.39 is 11.7 Å². The van der Waals surface area contributed by atoms with Gasteiger partial charge in [-0.3, -0.25) is 19.0 Å². The molecule has 0 fully saturated rings. The molecular weight excluding hydrogens is 407 g/mol. The van der Waals surface area contributed by atoms with Crippen LogP contribution in [0.1, 0.15) is 34.6 Å². The first kappa shape index (κ1) is 21.6. The number of carbonyl (C=O) groups is 2. The normalized spacial score (nSPS) is 11.0. The quantitative estimate of drug-likeness (QED) is 0.650. The number of hydrogen-bond donors (Lipinski definition) is 1. The van der Waals surface area contributed by atoms with Gasteiger partial charge in [0.05, 0.1) is 16.6 Å². The largest absolute Gasteiger partial charge is 0.342 e. The Morgan fingerprint density at radius 3 is 2.60 bits per heavy atom. The first-order valence-electron chi connectivity index (χ1n) is 9.60. The molecule has 0 saturated carbocycles. The summed E-state index contributed by atoms with van der Waals surface area (Å²) in [5, 5.41) is 3.02. The molecule has 7 nitrogen and oxygen atoms in total. The van der Waals surface area contributed by atoms with Gasteiger partial charge in [0, 0.05) is 18.8 Å². The van der Waals surface area contributed by atoms with E-state index in [-0.39, 0.29) is 18.0 Å². The average molecular weight is 431 g/mol. The standard InChI is InChI=1S/C21H23FN4O3S/c1-5-25(6-2)16(27)10-26-11-23-20-17(21(26)29)13(4)18(30-20)19(28)24-15-9-14(22)8-7-12(15)3/h7-9,11H,5-6,10H2,1-4H3,(H,24,28). The van der Waals surface area contributed by atoms with Crippen LogP contribution in [-0.4, -0.2) is 39.4 Å². The van der Waals surface area contributed by atoms with Crippen molar-refractivity contribution in [3.05, 3.63) is 56.7 Å². The highest BCUT2D eigenvalue weighted by molar-refractivity contribution is 7.20. The number of aromatic nitrogens is 2. The molecule has 1 N–H and O–H groups in total. The molecule has 0 radical (unpaired) electrons. The highest BCUT2D eigenvalue weighted by atomic mass is 32.1. The summed E-state index contributed by atoms with van der Waals surface area (Å²) in [7, 11) is 0. The van der Waals surface area contributed by atoms with Gasteiger partial charge in [0.1, 0.15) is 17.2 Å². The van der Waals surface area contributed by atoms with Crippen LogP contribution in [0.25, 0.3) is 10.2 Å². The number of fused-ring (bicyclic) bond motifs is 1. The minimum atomic E-state index is -0.452. The zero-order valence-electron chi connectivity index (χ0n) is 17.3. The van der Waals surface area contributed by atoms with Crippen molar-refractivity contribution >= 4 is 39.1 Å². The van der Waals surface area contributed by atoms with Crippen LogP contribution in [0.5, 0.6) is 0 Å². The lowest BCUT2D eigenvalue weighted by atomic mass is 10.1.